The van der Waals surface area contributed by atoms with E-state index in [9.17, 15) is 5.26 Å². The van der Waals surface area contributed by atoms with Gasteiger partial charge in [-0.2, -0.15) is 5.26 Å². The fourth-order valence-electron chi connectivity index (χ4n) is 2.95. The summed E-state index contributed by atoms with van der Waals surface area (Å²) < 4.78 is 5.44. The number of aliphatic imine (C=N–C) groups is 1. The molecule has 1 heterocycles. The Labute approximate surface area is 151 Å². The van der Waals surface area contributed by atoms with Gasteiger partial charge in [0.25, 0.3) is 0 Å². The standard InChI is InChI=1S/C21H27N3O/c1-5-7-20(16(2)3)21(19-9-6-8-18(14-19)15-22)23-17(4)24-10-12-25-13-11-24/h6,8-9,14H,2,5,7,10-13H2,1,3-4H3/b21-20-,23-17+. The lowest BCUT2D eigenvalue weighted by Gasteiger charge is -2.28. The zero-order chi connectivity index (χ0) is 18.2. The third kappa shape index (κ3) is 5.04. The van der Waals surface area contributed by atoms with E-state index in [1.165, 1.54) is 0 Å². The first-order chi connectivity index (χ1) is 12.1. The van der Waals surface area contributed by atoms with E-state index in [4.69, 9.17) is 9.73 Å². The van der Waals surface area contributed by atoms with Gasteiger partial charge < -0.3 is 9.64 Å². The molecule has 0 unspecified atom stereocenters. The van der Waals surface area contributed by atoms with Gasteiger partial charge in [0, 0.05) is 18.7 Å². The van der Waals surface area contributed by atoms with Crippen molar-refractivity contribution in [1.82, 2.24) is 4.90 Å². The van der Waals surface area contributed by atoms with Crippen LogP contribution in [0.15, 0.2) is 47.0 Å². The third-order valence-corrected chi connectivity index (χ3v) is 4.31. The van der Waals surface area contributed by atoms with Crippen LogP contribution in [0.1, 0.15) is 44.7 Å². The number of benzene rings is 1. The smallest absolute Gasteiger partial charge is 0.102 e. The van der Waals surface area contributed by atoms with E-state index in [-0.39, 0.29) is 0 Å². The summed E-state index contributed by atoms with van der Waals surface area (Å²) in [4.78, 5) is 7.23. The summed E-state index contributed by atoms with van der Waals surface area (Å²) in [5.41, 5.74) is 4.73. The Hall–Kier alpha value is -2.38. The van der Waals surface area contributed by atoms with Gasteiger partial charge in [-0.1, -0.05) is 37.6 Å². The van der Waals surface area contributed by atoms with Gasteiger partial charge in [0.1, 0.15) is 5.84 Å². The molecule has 0 spiro atoms. The molecule has 4 nitrogen and oxygen atoms in total. The minimum absolute atomic E-state index is 0.645. The van der Waals surface area contributed by atoms with Gasteiger partial charge in [-0.15, -0.1) is 0 Å². The van der Waals surface area contributed by atoms with Crippen LogP contribution in [0.3, 0.4) is 0 Å². The minimum Gasteiger partial charge on any atom is -0.378 e. The van der Waals surface area contributed by atoms with Crippen molar-refractivity contribution in [2.75, 3.05) is 26.3 Å². The molecule has 0 aliphatic carbocycles. The number of ether oxygens (including phenoxy) is 1. The molecular weight excluding hydrogens is 310 g/mol. The molecule has 0 bridgehead atoms. The highest BCUT2D eigenvalue weighted by molar-refractivity contribution is 5.88. The summed E-state index contributed by atoms with van der Waals surface area (Å²) in [5.74, 6) is 0.982. The van der Waals surface area contributed by atoms with E-state index in [1.54, 1.807) is 0 Å². The average Bonchev–Trinajstić information content (AvgIpc) is 2.65. The fraction of sp³-hybridized carbons (Fsp3) is 0.429. The van der Waals surface area contributed by atoms with Crippen molar-refractivity contribution in [3.8, 4) is 6.07 Å². The molecule has 0 aromatic heterocycles. The van der Waals surface area contributed by atoms with Gasteiger partial charge in [-0.25, -0.2) is 4.99 Å². The van der Waals surface area contributed by atoms with Crippen molar-refractivity contribution in [3.63, 3.8) is 0 Å². The summed E-state index contributed by atoms with van der Waals surface area (Å²) in [7, 11) is 0. The van der Waals surface area contributed by atoms with Gasteiger partial charge in [-0.3, -0.25) is 0 Å². The maximum Gasteiger partial charge on any atom is 0.102 e. The lowest BCUT2D eigenvalue weighted by Crippen LogP contribution is -2.39. The van der Waals surface area contributed by atoms with Crippen molar-refractivity contribution in [1.29, 1.82) is 5.26 Å². The summed E-state index contributed by atoms with van der Waals surface area (Å²) in [6.07, 6.45) is 1.94. The maximum atomic E-state index is 9.24. The molecule has 2 rings (SSSR count). The molecule has 4 heteroatoms. The summed E-state index contributed by atoms with van der Waals surface area (Å²) in [5, 5.41) is 9.24. The van der Waals surface area contributed by atoms with Crippen molar-refractivity contribution in [2.24, 2.45) is 4.99 Å². The van der Waals surface area contributed by atoms with Crippen LogP contribution in [0.2, 0.25) is 0 Å². The van der Waals surface area contributed by atoms with E-state index >= 15 is 0 Å². The van der Waals surface area contributed by atoms with E-state index in [0.717, 1.165) is 67.4 Å². The molecule has 1 aliphatic rings. The lowest BCUT2D eigenvalue weighted by molar-refractivity contribution is 0.0678. The number of hydrogen-bond donors (Lipinski definition) is 0. The highest BCUT2D eigenvalue weighted by atomic mass is 16.5. The Kier molecular flexibility index (Phi) is 6.97. The van der Waals surface area contributed by atoms with Crippen LogP contribution in [-0.4, -0.2) is 37.0 Å². The number of nitriles is 1. The molecule has 25 heavy (non-hydrogen) atoms. The van der Waals surface area contributed by atoms with Crippen LogP contribution in [0.25, 0.3) is 5.70 Å². The molecule has 1 saturated heterocycles. The highest BCUT2D eigenvalue weighted by Crippen LogP contribution is 2.29. The van der Waals surface area contributed by atoms with E-state index in [0.29, 0.717) is 5.56 Å². The topological polar surface area (TPSA) is 48.6 Å². The molecular formula is C21H27N3O. The largest absolute Gasteiger partial charge is 0.378 e. The van der Waals surface area contributed by atoms with Crippen molar-refractivity contribution >= 4 is 11.5 Å². The fourth-order valence-corrected chi connectivity index (χ4v) is 2.95. The number of morpholine rings is 1. The van der Waals surface area contributed by atoms with Gasteiger partial charge in [0.15, 0.2) is 0 Å². The Balaban J connectivity index is 2.53. The number of rotatable bonds is 5. The normalized spacial score (nSPS) is 16.2. The first-order valence-electron chi connectivity index (χ1n) is 8.84. The quantitative estimate of drug-likeness (QED) is 0.455. The summed E-state index contributed by atoms with van der Waals surface area (Å²) in [6, 6.07) is 9.88. The molecule has 0 N–H and O–H groups in total. The van der Waals surface area contributed by atoms with Crippen molar-refractivity contribution in [2.45, 2.75) is 33.6 Å². The molecule has 1 aromatic carbocycles. The predicted molar refractivity (Wildman–Crippen MR) is 103 cm³/mol. The molecule has 0 radical (unpaired) electrons. The zero-order valence-electron chi connectivity index (χ0n) is 15.5. The Morgan fingerprint density at radius 3 is 2.64 bits per heavy atom. The molecule has 1 aromatic rings. The van der Waals surface area contributed by atoms with Crippen LogP contribution >= 0.6 is 0 Å². The first-order valence-corrected chi connectivity index (χ1v) is 8.84. The number of nitrogens with zero attached hydrogens (tertiary/aromatic N) is 3. The monoisotopic (exact) mass is 337 g/mol. The van der Waals surface area contributed by atoms with E-state index < -0.39 is 0 Å². The maximum absolute atomic E-state index is 9.24. The lowest BCUT2D eigenvalue weighted by atomic mass is 9.97. The Bertz CT molecular complexity index is 719. The van der Waals surface area contributed by atoms with Crippen LogP contribution < -0.4 is 0 Å². The van der Waals surface area contributed by atoms with Gasteiger partial charge in [0.05, 0.1) is 30.5 Å². The predicted octanol–water partition coefficient (Wildman–Crippen LogP) is 4.40. The second-order valence-electron chi connectivity index (χ2n) is 6.31. The molecule has 1 fully saturated rings. The van der Waals surface area contributed by atoms with Crippen molar-refractivity contribution < 1.29 is 4.74 Å². The SMILES string of the molecule is C=C(C)/C(CCC)=C(\N=C(/C)N1CCOCC1)c1cccc(C#N)c1. The van der Waals surface area contributed by atoms with E-state index in [2.05, 4.69) is 24.5 Å². The van der Waals surface area contributed by atoms with E-state index in [1.807, 2.05) is 38.1 Å². The third-order valence-electron chi connectivity index (χ3n) is 4.31. The zero-order valence-corrected chi connectivity index (χ0v) is 15.5. The summed E-state index contributed by atoms with van der Waals surface area (Å²) in [6.45, 7) is 13.6. The first kappa shape index (κ1) is 19.0. The number of hydrogen-bond acceptors (Lipinski definition) is 3. The molecule has 0 saturated carbocycles. The second-order valence-corrected chi connectivity index (χ2v) is 6.31. The van der Waals surface area contributed by atoms with Crippen LogP contribution in [0.5, 0.6) is 0 Å². The summed E-state index contributed by atoms with van der Waals surface area (Å²) >= 11 is 0. The minimum atomic E-state index is 0.645. The number of allylic oxidation sites excluding steroid dienone is 2. The molecule has 0 amide bonds. The molecule has 1 aliphatic heterocycles. The highest BCUT2D eigenvalue weighted by Gasteiger charge is 2.15. The van der Waals surface area contributed by atoms with Crippen molar-refractivity contribution in [3.05, 3.63) is 53.1 Å². The number of amidine groups is 1. The Morgan fingerprint density at radius 2 is 2.04 bits per heavy atom. The van der Waals surface area contributed by atoms with Gasteiger partial charge in [-0.05, 0) is 38.0 Å². The van der Waals surface area contributed by atoms with Crippen LogP contribution in [-0.2, 0) is 4.74 Å². The van der Waals surface area contributed by atoms with Gasteiger partial charge >= 0.3 is 0 Å². The average molecular weight is 337 g/mol. The van der Waals surface area contributed by atoms with Gasteiger partial charge in [0.2, 0.25) is 0 Å². The second kappa shape index (κ2) is 9.19. The van der Waals surface area contributed by atoms with Crippen LogP contribution in [0, 0.1) is 11.3 Å². The van der Waals surface area contributed by atoms with Crippen LogP contribution in [0.4, 0.5) is 0 Å². The molecule has 0 atom stereocenters. The molecule has 132 valence electrons. The Morgan fingerprint density at radius 1 is 1.32 bits per heavy atom.